The van der Waals surface area contributed by atoms with E-state index in [1.54, 1.807) is 16.4 Å². The zero-order chi connectivity index (χ0) is 14.8. The van der Waals surface area contributed by atoms with E-state index >= 15 is 0 Å². The van der Waals surface area contributed by atoms with Crippen LogP contribution >= 0.6 is 23.1 Å². The molecule has 0 saturated carbocycles. The largest absolute Gasteiger partial charge is 0.476 e. The zero-order valence-electron chi connectivity index (χ0n) is 11.1. The average molecular weight is 317 g/mol. The van der Waals surface area contributed by atoms with Crippen molar-refractivity contribution < 1.29 is 9.90 Å². The number of thioether (sulfide) groups is 1. The summed E-state index contributed by atoms with van der Waals surface area (Å²) in [4.78, 5) is 13.3. The van der Waals surface area contributed by atoms with E-state index < -0.39 is 5.97 Å². The maximum Gasteiger partial charge on any atom is 0.358 e. The lowest BCUT2D eigenvalue weighted by Gasteiger charge is -2.06. The van der Waals surface area contributed by atoms with Gasteiger partial charge in [-0.1, -0.05) is 17.3 Å². The minimum absolute atomic E-state index is 0.0352. The van der Waals surface area contributed by atoms with Gasteiger partial charge in [-0.25, -0.2) is 9.48 Å². The van der Waals surface area contributed by atoms with Gasteiger partial charge in [-0.2, -0.15) is 0 Å². The van der Waals surface area contributed by atoms with Crippen LogP contribution in [-0.4, -0.2) is 32.3 Å². The molecule has 0 aliphatic carbocycles. The first-order chi connectivity index (χ1) is 10.2. The Bertz CT molecular complexity index is 781. The van der Waals surface area contributed by atoms with E-state index in [1.807, 2.05) is 48.0 Å². The molecule has 1 aromatic carbocycles. The molecule has 21 heavy (non-hydrogen) atoms. The van der Waals surface area contributed by atoms with Crippen LogP contribution in [0.4, 0.5) is 0 Å². The van der Waals surface area contributed by atoms with Crippen molar-refractivity contribution in [2.45, 2.75) is 4.90 Å². The first-order valence-electron chi connectivity index (χ1n) is 6.08. The number of nitrogens with zero attached hydrogens (tertiary/aromatic N) is 3. The molecule has 3 aromatic rings. The molecule has 0 unspecified atom stereocenters. The molecule has 1 N–H and O–H groups in total. The fourth-order valence-electron chi connectivity index (χ4n) is 1.98. The summed E-state index contributed by atoms with van der Waals surface area (Å²) in [6.07, 6.45) is 1.99. The third-order valence-electron chi connectivity index (χ3n) is 2.93. The molecule has 0 aliphatic heterocycles. The van der Waals surface area contributed by atoms with Crippen molar-refractivity contribution in [3.8, 4) is 16.3 Å². The lowest BCUT2D eigenvalue weighted by molar-refractivity contribution is 0.0691. The summed E-state index contributed by atoms with van der Waals surface area (Å²) < 4.78 is 1.58. The summed E-state index contributed by atoms with van der Waals surface area (Å²) in [6.45, 7) is 0. The smallest absolute Gasteiger partial charge is 0.358 e. The van der Waals surface area contributed by atoms with Gasteiger partial charge in [0.1, 0.15) is 5.69 Å². The van der Waals surface area contributed by atoms with E-state index in [0.717, 1.165) is 15.5 Å². The van der Waals surface area contributed by atoms with E-state index in [1.165, 1.54) is 11.3 Å². The molecule has 0 fully saturated rings. The third-order valence-corrected chi connectivity index (χ3v) is 4.53. The van der Waals surface area contributed by atoms with Crippen molar-refractivity contribution >= 4 is 29.1 Å². The van der Waals surface area contributed by atoms with Gasteiger partial charge in [-0.15, -0.1) is 28.2 Å². The Morgan fingerprint density at radius 3 is 2.86 bits per heavy atom. The highest BCUT2D eigenvalue weighted by molar-refractivity contribution is 7.98. The molecular formula is C14H11N3O2S2. The Hall–Kier alpha value is -2.12. The second kappa shape index (κ2) is 5.71. The van der Waals surface area contributed by atoms with E-state index in [9.17, 15) is 9.90 Å². The third kappa shape index (κ3) is 2.57. The molecule has 2 heterocycles. The van der Waals surface area contributed by atoms with Crippen LogP contribution in [0.25, 0.3) is 16.3 Å². The number of hydrogen-bond donors (Lipinski definition) is 1. The molecular weight excluding hydrogens is 306 g/mol. The number of carboxylic acids is 1. The van der Waals surface area contributed by atoms with Crippen LogP contribution in [0.1, 0.15) is 10.5 Å². The van der Waals surface area contributed by atoms with Crippen LogP contribution in [0.3, 0.4) is 0 Å². The molecule has 0 spiro atoms. The predicted octanol–water partition coefficient (Wildman–Crippen LogP) is 3.42. The van der Waals surface area contributed by atoms with E-state index in [-0.39, 0.29) is 5.69 Å². The summed E-state index contributed by atoms with van der Waals surface area (Å²) in [6, 6.07) is 11.5. The Morgan fingerprint density at radius 2 is 2.19 bits per heavy atom. The maximum absolute atomic E-state index is 11.4. The molecule has 0 radical (unpaired) electrons. The normalized spacial score (nSPS) is 10.7. The number of carboxylic acid groups (broad SMARTS) is 1. The zero-order valence-corrected chi connectivity index (χ0v) is 12.7. The first-order valence-corrected chi connectivity index (χ1v) is 8.18. The summed E-state index contributed by atoms with van der Waals surface area (Å²) in [5, 5.41) is 19.0. The molecule has 5 nitrogen and oxygen atoms in total. The highest BCUT2D eigenvalue weighted by atomic mass is 32.2. The Kier molecular flexibility index (Phi) is 3.76. The number of carbonyl (C=O) groups is 1. The van der Waals surface area contributed by atoms with Gasteiger partial charge < -0.3 is 5.11 Å². The van der Waals surface area contributed by atoms with Crippen molar-refractivity contribution in [2.24, 2.45) is 0 Å². The fourth-order valence-corrected chi connectivity index (χ4v) is 3.19. The molecule has 3 rings (SSSR count). The average Bonchev–Trinajstić information content (AvgIpc) is 3.15. The lowest BCUT2D eigenvalue weighted by atomic mass is 10.2. The molecule has 0 aliphatic rings. The van der Waals surface area contributed by atoms with E-state index in [0.29, 0.717) is 5.69 Å². The highest BCUT2D eigenvalue weighted by Gasteiger charge is 2.22. The van der Waals surface area contributed by atoms with Crippen LogP contribution in [0.15, 0.2) is 46.7 Å². The molecule has 0 bridgehead atoms. The number of aromatic nitrogens is 3. The Labute approximate surface area is 129 Å². The Morgan fingerprint density at radius 1 is 1.33 bits per heavy atom. The van der Waals surface area contributed by atoms with Crippen LogP contribution in [0.2, 0.25) is 0 Å². The SMILES string of the molecule is CSc1cccc(-n2nnc(C(=O)O)c2-c2cccs2)c1. The first kappa shape index (κ1) is 13.8. The molecule has 0 atom stereocenters. The van der Waals surface area contributed by atoms with Crippen LogP contribution in [0.5, 0.6) is 0 Å². The second-order valence-electron chi connectivity index (χ2n) is 4.18. The molecule has 0 saturated heterocycles. The van der Waals surface area contributed by atoms with Gasteiger partial charge in [0, 0.05) is 4.90 Å². The van der Waals surface area contributed by atoms with Gasteiger partial charge >= 0.3 is 5.97 Å². The summed E-state index contributed by atoms with van der Waals surface area (Å²) >= 11 is 3.08. The van der Waals surface area contributed by atoms with Crippen molar-refractivity contribution in [1.82, 2.24) is 15.0 Å². The molecule has 106 valence electrons. The van der Waals surface area contributed by atoms with Gasteiger partial charge in [0.05, 0.1) is 10.6 Å². The number of aromatic carboxylic acids is 1. The van der Waals surface area contributed by atoms with Crippen LogP contribution in [-0.2, 0) is 0 Å². The predicted molar refractivity (Wildman–Crippen MR) is 83.4 cm³/mol. The topological polar surface area (TPSA) is 68.0 Å². The number of rotatable bonds is 4. The number of benzene rings is 1. The number of hydrogen-bond acceptors (Lipinski definition) is 5. The van der Waals surface area contributed by atoms with Crippen molar-refractivity contribution in [3.63, 3.8) is 0 Å². The summed E-state index contributed by atoms with van der Waals surface area (Å²) in [7, 11) is 0. The monoisotopic (exact) mass is 317 g/mol. The minimum atomic E-state index is -1.08. The van der Waals surface area contributed by atoms with Crippen molar-refractivity contribution in [1.29, 1.82) is 0 Å². The summed E-state index contributed by atoms with van der Waals surface area (Å²) in [5.74, 6) is -1.08. The summed E-state index contributed by atoms with van der Waals surface area (Å²) in [5.41, 5.74) is 1.27. The van der Waals surface area contributed by atoms with E-state index in [2.05, 4.69) is 10.3 Å². The van der Waals surface area contributed by atoms with E-state index in [4.69, 9.17) is 0 Å². The van der Waals surface area contributed by atoms with Crippen molar-refractivity contribution in [3.05, 3.63) is 47.5 Å². The molecule has 7 heteroatoms. The van der Waals surface area contributed by atoms with Crippen molar-refractivity contribution in [2.75, 3.05) is 6.26 Å². The quantitative estimate of drug-likeness (QED) is 0.747. The standard InChI is InChI=1S/C14H11N3O2S2/c1-20-10-5-2-4-9(8-10)17-13(11-6-3-7-21-11)12(14(18)19)15-16-17/h2-8H,1H3,(H,18,19). The molecule has 2 aromatic heterocycles. The van der Waals surface area contributed by atoms with Gasteiger partial charge in [0.15, 0.2) is 5.69 Å². The highest BCUT2D eigenvalue weighted by Crippen LogP contribution is 2.30. The Balaban J connectivity index is 2.21. The van der Waals surface area contributed by atoms with Crippen LogP contribution < -0.4 is 0 Å². The van der Waals surface area contributed by atoms with Gasteiger partial charge in [-0.05, 0) is 35.9 Å². The van der Waals surface area contributed by atoms with Crippen LogP contribution in [0, 0.1) is 0 Å². The lowest BCUT2D eigenvalue weighted by Crippen LogP contribution is -2.02. The minimum Gasteiger partial charge on any atom is -0.476 e. The van der Waals surface area contributed by atoms with Gasteiger partial charge in [-0.3, -0.25) is 0 Å². The number of thiophene rings is 1. The fraction of sp³-hybridized carbons (Fsp3) is 0.0714. The van der Waals surface area contributed by atoms with Gasteiger partial charge in [0.25, 0.3) is 0 Å². The molecule has 0 amide bonds. The second-order valence-corrected chi connectivity index (χ2v) is 6.01. The van der Waals surface area contributed by atoms with Gasteiger partial charge in [0.2, 0.25) is 0 Å². The maximum atomic E-state index is 11.4.